The van der Waals surface area contributed by atoms with Crippen LogP contribution in [0.2, 0.25) is 0 Å². The molecule has 0 spiro atoms. The molecular formula is C20H31N5S. The van der Waals surface area contributed by atoms with Crippen LogP contribution in [-0.4, -0.2) is 45.5 Å². The van der Waals surface area contributed by atoms with Gasteiger partial charge in [0.15, 0.2) is 5.96 Å². The van der Waals surface area contributed by atoms with Gasteiger partial charge in [-0.05, 0) is 50.5 Å². The lowest BCUT2D eigenvalue weighted by atomic mass is 10.2. The predicted octanol–water partition coefficient (Wildman–Crippen LogP) is 3.41. The number of thioether (sulfide) groups is 1. The van der Waals surface area contributed by atoms with Gasteiger partial charge in [0.25, 0.3) is 0 Å². The lowest BCUT2D eigenvalue weighted by Crippen LogP contribution is -2.42. The Morgan fingerprint density at radius 2 is 2.27 bits per heavy atom. The number of nitrogens with zero attached hydrogens (tertiary/aromatic N) is 3. The molecule has 6 heteroatoms. The minimum absolute atomic E-state index is 0.551. The van der Waals surface area contributed by atoms with E-state index < -0.39 is 0 Å². The molecule has 2 heterocycles. The van der Waals surface area contributed by atoms with Crippen molar-refractivity contribution in [3.05, 3.63) is 35.8 Å². The van der Waals surface area contributed by atoms with Crippen molar-refractivity contribution in [3.63, 3.8) is 0 Å². The summed E-state index contributed by atoms with van der Waals surface area (Å²) in [6.07, 6.45) is 8.83. The zero-order valence-corrected chi connectivity index (χ0v) is 17.0. The van der Waals surface area contributed by atoms with E-state index in [0.717, 1.165) is 42.1 Å². The fourth-order valence-electron chi connectivity index (χ4n) is 3.58. The average molecular weight is 374 g/mol. The maximum Gasteiger partial charge on any atom is 0.191 e. The Morgan fingerprint density at radius 3 is 3.04 bits per heavy atom. The molecular weight excluding hydrogens is 342 g/mol. The summed E-state index contributed by atoms with van der Waals surface area (Å²) in [5.74, 6) is 2.16. The summed E-state index contributed by atoms with van der Waals surface area (Å²) in [5.41, 5.74) is 3.35. The molecule has 0 aliphatic heterocycles. The van der Waals surface area contributed by atoms with Crippen LogP contribution >= 0.6 is 11.8 Å². The number of aromatic nitrogens is 2. The van der Waals surface area contributed by atoms with Crippen molar-refractivity contribution < 1.29 is 0 Å². The van der Waals surface area contributed by atoms with Gasteiger partial charge in [-0.15, -0.1) is 0 Å². The maximum atomic E-state index is 4.77. The van der Waals surface area contributed by atoms with Crippen molar-refractivity contribution in [3.8, 4) is 0 Å². The molecule has 2 aromatic rings. The van der Waals surface area contributed by atoms with Crippen LogP contribution in [0.25, 0.3) is 5.65 Å². The first kappa shape index (κ1) is 19.1. The highest BCUT2D eigenvalue weighted by molar-refractivity contribution is 7.99. The number of guanidine groups is 1. The second-order valence-electron chi connectivity index (χ2n) is 6.90. The largest absolute Gasteiger partial charge is 0.357 e. The van der Waals surface area contributed by atoms with Crippen LogP contribution in [0.15, 0.2) is 29.5 Å². The zero-order chi connectivity index (χ0) is 18.4. The molecule has 26 heavy (non-hydrogen) atoms. The number of pyridine rings is 1. The first-order valence-electron chi connectivity index (χ1n) is 9.79. The second kappa shape index (κ2) is 9.31. The van der Waals surface area contributed by atoms with Crippen LogP contribution in [-0.2, 0) is 6.42 Å². The molecule has 142 valence electrons. The average Bonchev–Trinajstić information content (AvgIpc) is 3.23. The molecule has 2 N–H and O–H groups in total. The fraction of sp³-hybridized carbons (Fsp3) is 0.600. The van der Waals surface area contributed by atoms with E-state index in [2.05, 4.69) is 72.1 Å². The standard InChI is InChI=1S/C20H31N5S/c1-4-21-20(24-16-8-9-18(13-16)26-5-2)22-11-10-17-14-25-12-6-7-15(3)19(25)23-17/h6-7,12,14,16,18H,4-5,8-11,13H2,1-3H3,(H2,21,22,24). The number of aliphatic imine (C=N–C) groups is 1. The molecule has 1 saturated carbocycles. The molecule has 0 amide bonds. The molecule has 2 aromatic heterocycles. The van der Waals surface area contributed by atoms with E-state index in [0.29, 0.717) is 6.04 Å². The van der Waals surface area contributed by atoms with Gasteiger partial charge < -0.3 is 15.0 Å². The summed E-state index contributed by atoms with van der Waals surface area (Å²) >= 11 is 2.09. The molecule has 5 nitrogen and oxygen atoms in total. The number of hydrogen-bond acceptors (Lipinski definition) is 3. The van der Waals surface area contributed by atoms with E-state index in [4.69, 9.17) is 9.98 Å². The Kier molecular flexibility index (Phi) is 6.83. The number of fused-ring (bicyclic) bond motifs is 1. The van der Waals surface area contributed by atoms with Gasteiger partial charge in [0.1, 0.15) is 5.65 Å². The third-order valence-electron chi connectivity index (χ3n) is 4.84. The van der Waals surface area contributed by atoms with Gasteiger partial charge in [-0.2, -0.15) is 11.8 Å². The van der Waals surface area contributed by atoms with Gasteiger partial charge in [0, 0.05) is 43.2 Å². The monoisotopic (exact) mass is 373 g/mol. The summed E-state index contributed by atoms with van der Waals surface area (Å²) in [4.78, 5) is 9.51. The summed E-state index contributed by atoms with van der Waals surface area (Å²) in [5, 5.41) is 7.82. The Bertz CT molecular complexity index is 739. The Labute approximate surface area is 161 Å². The molecule has 3 rings (SSSR count). The molecule has 1 aliphatic carbocycles. The van der Waals surface area contributed by atoms with E-state index in [1.165, 1.54) is 30.6 Å². The smallest absolute Gasteiger partial charge is 0.191 e. The van der Waals surface area contributed by atoms with E-state index in [1.807, 2.05) is 0 Å². The van der Waals surface area contributed by atoms with Crippen LogP contribution in [0.4, 0.5) is 0 Å². The molecule has 1 fully saturated rings. The van der Waals surface area contributed by atoms with E-state index in [-0.39, 0.29) is 0 Å². The first-order valence-corrected chi connectivity index (χ1v) is 10.8. The van der Waals surface area contributed by atoms with Crippen LogP contribution in [0.3, 0.4) is 0 Å². The maximum absolute atomic E-state index is 4.77. The summed E-state index contributed by atoms with van der Waals surface area (Å²) < 4.78 is 2.10. The summed E-state index contributed by atoms with van der Waals surface area (Å²) in [6.45, 7) is 8.10. The van der Waals surface area contributed by atoms with Crippen LogP contribution in [0.1, 0.15) is 44.4 Å². The molecule has 2 atom stereocenters. The lowest BCUT2D eigenvalue weighted by molar-refractivity contribution is 0.615. The Hall–Kier alpha value is -1.69. The number of imidazole rings is 1. The Morgan fingerprint density at radius 1 is 1.38 bits per heavy atom. The van der Waals surface area contributed by atoms with Crippen LogP contribution in [0.5, 0.6) is 0 Å². The van der Waals surface area contributed by atoms with Gasteiger partial charge in [-0.3, -0.25) is 4.99 Å². The Balaban J connectivity index is 1.56. The van der Waals surface area contributed by atoms with E-state index in [1.54, 1.807) is 0 Å². The fourth-order valence-corrected chi connectivity index (χ4v) is 4.72. The van der Waals surface area contributed by atoms with Crippen molar-refractivity contribution in [2.45, 2.75) is 57.7 Å². The third kappa shape index (κ3) is 4.93. The van der Waals surface area contributed by atoms with E-state index >= 15 is 0 Å². The number of rotatable bonds is 7. The second-order valence-corrected chi connectivity index (χ2v) is 8.47. The molecule has 0 radical (unpaired) electrons. The van der Waals surface area contributed by atoms with Gasteiger partial charge in [-0.25, -0.2) is 4.98 Å². The van der Waals surface area contributed by atoms with Gasteiger partial charge in [0.05, 0.1) is 5.69 Å². The molecule has 1 aliphatic rings. The molecule has 0 aromatic carbocycles. The molecule has 0 bridgehead atoms. The quantitative estimate of drug-likeness (QED) is 0.577. The highest BCUT2D eigenvalue weighted by Crippen LogP contribution is 2.29. The highest BCUT2D eigenvalue weighted by Gasteiger charge is 2.25. The normalized spacial score (nSPS) is 20.7. The number of aryl methyl sites for hydroxylation is 1. The van der Waals surface area contributed by atoms with Crippen LogP contribution < -0.4 is 10.6 Å². The van der Waals surface area contributed by atoms with Gasteiger partial charge in [-0.1, -0.05) is 13.0 Å². The predicted molar refractivity (Wildman–Crippen MR) is 112 cm³/mol. The number of nitrogens with one attached hydrogen (secondary N) is 2. The van der Waals surface area contributed by atoms with Crippen LogP contribution in [0, 0.1) is 6.92 Å². The van der Waals surface area contributed by atoms with Gasteiger partial charge >= 0.3 is 0 Å². The molecule has 2 unspecified atom stereocenters. The zero-order valence-electron chi connectivity index (χ0n) is 16.2. The van der Waals surface area contributed by atoms with E-state index in [9.17, 15) is 0 Å². The minimum Gasteiger partial charge on any atom is -0.357 e. The highest BCUT2D eigenvalue weighted by atomic mass is 32.2. The minimum atomic E-state index is 0.551. The van der Waals surface area contributed by atoms with Gasteiger partial charge in [0.2, 0.25) is 0 Å². The lowest BCUT2D eigenvalue weighted by Gasteiger charge is -2.17. The summed E-state index contributed by atoms with van der Waals surface area (Å²) in [6, 6.07) is 4.71. The van der Waals surface area contributed by atoms with Crippen molar-refractivity contribution in [2.75, 3.05) is 18.8 Å². The van der Waals surface area contributed by atoms with Crippen molar-refractivity contribution in [1.82, 2.24) is 20.0 Å². The first-order chi connectivity index (χ1) is 12.7. The number of hydrogen-bond donors (Lipinski definition) is 2. The summed E-state index contributed by atoms with van der Waals surface area (Å²) in [7, 11) is 0. The molecule has 0 saturated heterocycles. The SMILES string of the molecule is CCNC(=NCCc1cn2cccc(C)c2n1)NC1CCC(SCC)C1. The van der Waals surface area contributed by atoms with Crippen molar-refractivity contribution >= 4 is 23.4 Å². The van der Waals surface area contributed by atoms with Crippen molar-refractivity contribution in [1.29, 1.82) is 0 Å². The third-order valence-corrected chi connectivity index (χ3v) is 6.07. The topological polar surface area (TPSA) is 53.7 Å². The van der Waals surface area contributed by atoms with Crippen molar-refractivity contribution in [2.24, 2.45) is 4.99 Å².